The van der Waals surface area contributed by atoms with Crippen molar-refractivity contribution in [1.29, 1.82) is 0 Å². The number of sulfonamides is 1. The third-order valence-electron chi connectivity index (χ3n) is 6.22. The number of carbonyl (C=O) groups is 2. The number of carbonyl (C=O) groups excluding carboxylic acids is 2. The zero-order chi connectivity index (χ0) is 26.9. The lowest BCUT2D eigenvalue weighted by Crippen LogP contribution is -2.49. The fourth-order valence-electron chi connectivity index (χ4n) is 3.74. The zero-order valence-electron chi connectivity index (χ0n) is 21.8. The van der Waals surface area contributed by atoms with Crippen LogP contribution in [0.25, 0.3) is 0 Å². The Balaban J connectivity index is 2.16. The molecule has 2 amide bonds. The molecule has 0 aliphatic rings. The molecule has 0 bridgehead atoms. The van der Waals surface area contributed by atoms with E-state index in [2.05, 4.69) is 21.2 Å². The summed E-state index contributed by atoms with van der Waals surface area (Å²) >= 11 is 3.42. The third kappa shape index (κ3) is 8.92. The van der Waals surface area contributed by atoms with Gasteiger partial charge in [0.2, 0.25) is 21.8 Å². The van der Waals surface area contributed by atoms with Gasteiger partial charge in [0.25, 0.3) is 0 Å². The van der Waals surface area contributed by atoms with Crippen molar-refractivity contribution in [1.82, 2.24) is 10.2 Å². The Morgan fingerprint density at radius 1 is 0.972 bits per heavy atom. The number of nitrogens with zero attached hydrogens (tertiary/aromatic N) is 2. The topological polar surface area (TPSA) is 86.8 Å². The second kappa shape index (κ2) is 13.8. The number of nitrogens with one attached hydrogen (secondary N) is 1. The summed E-state index contributed by atoms with van der Waals surface area (Å²) in [6, 6.07) is 14.4. The van der Waals surface area contributed by atoms with Gasteiger partial charge in [0.1, 0.15) is 6.04 Å². The maximum atomic E-state index is 13.3. The van der Waals surface area contributed by atoms with Gasteiger partial charge in [0.15, 0.2) is 0 Å². The summed E-state index contributed by atoms with van der Waals surface area (Å²) < 4.78 is 27.2. The number of hydrogen-bond acceptors (Lipinski definition) is 4. The molecule has 0 radical (unpaired) electrons. The van der Waals surface area contributed by atoms with Crippen molar-refractivity contribution >= 4 is 43.5 Å². The van der Waals surface area contributed by atoms with Crippen molar-refractivity contribution in [3.63, 3.8) is 0 Å². The molecule has 2 aromatic carbocycles. The largest absolute Gasteiger partial charge is 0.352 e. The average Bonchev–Trinajstić information content (AvgIpc) is 2.85. The molecule has 0 aromatic heterocycles. The van der Waals surface area contributed by atoms with E-state index in [1.54, 1.807) is 24.0 Å². The fraction of sp³-hybridized carbons (Fsp3) is 0.481. The Bertz CT molecular complexity index is 1100. The van der Waals surface area contributed by atoms with Gasteiger partial charge in [-0.1, -0.05) is 54.0 Å². The molecule has 0 heterocycles. The number of hydrogen-bond donors (Lipinski definition) is 1. The minimum atomic E-state index is -3.51. The SMILES string of the molecule is CCc1ccc(N(CCCC(=O)N(Cc2ccc(Br)cc2)C(C)C(=O)NC(C)CC)S(C)(=O)=O)cc1. The van der Waals surface area contributed by atoms with E-state index in [0.717, 1.165) is 28.4 Å². The predicted molar refractivity (Wildman–Crippen MR) is 149 cm³/mol. The maximum absolute atomic E-state index is 13.3. The Kier molecular flexibility index (Phi) is 11.4. The highest BCUT2D eigenvalue weighted by Crippen LogP contribution is 2.20. The number of aryl methyl sites for hydroxylation is 1. The van der Waals surface area contributed by atoms with Gasteiger partial charge in [-0.15, -0.1) is 0 Å². The van der Waals surface area contributed by atoms with Crippen LogP contribution in [0, 0.1) is 0 Å². The number of rotatable bonds is 13. The van der Waals surface area contributed by atoms with Crippen LogP contribution in [0.5, 0.6) is 0 Å². The Labute approximate surface area is 224 Å². The molecule has 2 atom stereocenters. The molecule has 0 saturated heterocycles. The minimum absolute atomic E-state index is 0.00648. The Morgan fingerprint density at radius 3 is 2.08 bits per heavy atom. The molecule has 1 N–H and O–H groups in total. The van der Waals surface area contributed by atoms with Crippen LogP contribution >= 0.6 is 15.9 Å². The summed E-state index contributed by atoms with van der Waals surface area (Å²) in [5, 5.41) is 2.96. The van der Waals surface area contributed by atoms with E-state index in [1.807, 2.05) is 57.2 Å². The second-order valence-corrected chi connectivity index (χ2v) is 11.9. The summed E-state index contributed by atoms with van der Waals surface area (Å²) in [7, 11) is -3.51. The Hall–Kier alpha value is -2.39. The molecule has 0 fully saturated rings. The predicted octanol–water partition coefficient (Wildman–Crippen LogP) is 4.89. The van der Waals surface area contributed by atoms with E-state index in [0.29, 0.717) is 12.1 Å². The average molecular weight is 581 g/mol. The monoisotopic (exact) mass is 579 g/mol. The Morgan fingerprint density at radius 2 is 1.56 bits per heavy atom. The van der Waals surface area contributed by atoms with Crippen molar-refractivity contribution in [2.24, 2.45) is 0 Å². The summed E-state index contributed by atoms with van der Waals surface area (Å²) in [5.41, 5.74) is 2.61. The van der Waals surface area contributed by atoms with Gasteiger partial charge in [-0.3, -0.25) is 13.9 Å². The molecular weight excluding hydrogens is 542 g/mol. The molecule has 0 saturated carbocycles. The van der Waals surface area contributed by atoms with Crippen molar-refractivity contribution < 1.29 is 18.0 Å². The van der Waals surface area contributed by atoms with Gasteiger partial charge in [0, 0.05) is 30.0 Å². The van der Waals surface area contributed by atoms with Crippen molar-refractivity contribution in [3.8, 4) is 0 Å². The lowest BCUT2D eigenvalue weighted by molar-refractivity contribution is -0.140. The van der Waals surface area contributed by atoms with Crippen molar-refractivity contribution in [3.05, 3.63) is 64.1 Å². The first-order chi connectivity index (χ1) is 17.0. The van der Waals surface area contributed by atoms with Crippen LogP contribution in [0.15, 0.2) is 53.0 Å². The molecule has 198 valence electrons. The molecule has 7 nitrogen and oxygen atoms in total. The summed E-state index contributed by atoms with van der Waals surface area (Å²) in [6.45, 7) is 8.15. The first kappa shape index (κ1) is 29.8. The van der Waals surface area contributed by atoms with E-state index in [4.69, 9.17) is 0 Å². The van der Waals surface area contributed by atoms with E-state index in [1.165, 1.54) is 10.6 Å². The molecule has 0 aliphatic heterocycles. The van der Waals surface area contributed by atoms with Crippen LogP contribution in [0.3, 0.4) is 0 Å². The molecule has 2 rings (SSSR count). The fourth-order valence-corrected chi connectivity index (χ4v) is 4.97. The van der Waals surface area contributed by atoms with Crippen LogP contribution in [0.4, 0.5) is 5.69 Å². The van der Waals surface area contributed by atoms with Gasteiger partial charge in [-0.2, -0.15) is 0 Å². The quantitative estimate of drug-likeness (QED) is 0.366. The van der Waals surface area contributed by atoms with E-state index < -0.39 is 16.1 Å². The van der Waals surface area contributed by atoms with Crippen LogP contribution in [0.2, 0.25) is 0 Å². The number of amides is 2. The highest BCUT2D eigenvalue weighted by molar-refractivity contribution is 9.10. The van der Waals surface area contributed by atoms with E-state index >= 15 is 0 Å². The van der Waals surface area contributed by atoms with Gasteiger partial charge in [-0.25, -0.2) is 8.42 Å². The van der Waals surface area contributed by atoms with Crippen molar-refractivity contribution in [2.45, 2.75) is 72.0 Å². The molecule has 36 heavy (non-hydrogen) atoms. The van der Waals surface area contributed by atoms with E-state index in [-0.39, 0.29) is 37.4 Å². The normalized spacial score (nSPS) is 13.1. The molecule has 2 aromatic rings. The number of benzene rings is 2. The van der Waals surface area contributed by atoms with Crippen molar-refractivity contribution in [2.75, 3.05) is 17.1 Å². The highest BCUT2D eigenvalue weighted by Gasteiger charge is 2.27. The van der Waals surface area contributed by atoms with Crippen LogP contribution in [-0.4, -0.2) is 50.0 Å². The molecule has 2 unspecified atom stereocenters. The summed E-state index contributed by atoms with van der Waals surface area (Å²) in [4.78, 5) is 27.8. The molecule has 0 spiro atoms. The molecule has 0 aliphatic carbocycles. The second-order valence-electron chi connectivity index (χ2n) is 9.10. The lowest BCUT2D eigenvalue weighted by Gasteiger charge is -2.30. The van der Waals surface area contributed by atoms with Gasteiger partial charge >= 0.3 is 0 Å². The molecular formula is C27H38BrN3O4S. The smallest absolute Gasteiger partial charge is 0.242 e. The minimum Gasteiger partial charge on any atom is -0.352 e. The van der Waals surface area contributed by atoms with Gasteiger partial charge in [0.05, 0.1) is 11.9 Å². The first-order valence-corrected chi connectivity index (χ1v) is 15.0. The number of anilines is 1. The summed E-state index contributed by atoms with van der Waals surface area (Å²) in [5.74, 6) is -0.400. The maximum Gasteiger partial charge on any atom is 0.242 e. The van der Waals surface area contributed by atoms with Gasteiger partial charge < -0.3 is 10.2 Å². The first-order valence-electron chi connectivity index (χ1n) is 12.4. The molecule has 9 heteroatoms. The summed E-state index contributed by atoms with van der Waals surface area (Å²) in [6.07, 6.45) is 3.28. The standard InChI is InChI=1S/C27H38BrN3O4S/c1-6-20(3)29-27(33)21(4)30(19-23-10-14-24(28)15-11-23)26(32)9-8-18-31(36(5,34)35)25-16-12-22(7-2)13-17-25/h10-17,20-21H,6-9,18-19H2,1-5H3,(H,29,33). The van der Waals surface area contributed by atoms with Crippen LogP contribution in [-0.2, 0) is 32.6 Å². The highest BCUT2D eigenvalue weighted by atomic mass is 79.9. The zero-order valence-corrected chi connectivity index (χ0v) is 24.2. The van der Waals surface area contributed by atoms with E-state index in [9.17, 15) is 18.0 Å². The number of halogens is 1. The van der Waals surface area contributed by atoms with Crippen LogP contribution < -0.4 is 9.62 Å². The van der Waals surface area contributed by atoms with Crippen LogP contribution in [0.1, 0.15) is 58.1 Å². The third-order valence-corrected chi connectivity index (χ3v) is 7.94. The van der Waals surface area contributed by atoms with Gasteiger partial charge in [-0.05, 0) is 68.5 Å². The lowest BCUT2D eigenvalue weighted by atomic mass is 10.1.